The van der Waals surface area contributed by atoms with Crippen LogP contribution in [0.15, 0.2) is 55.1 Å². The predicted octanol–water partition coefficient (Wildman–Crippen LogP) is 2.94. The molecule has 122 valence electrons. The minimum absolute atomic E-state index is 0.682. The molecule has 0 aromatic carbocycles. The van der Waals surface area contributed by atoms with Crippen LogP contribution in [0, 0.1) is 0 Å². The van der Waals surface area contributed by atoms with Gasteiger partial charge in [-0.2, -0.15) is 5.10 Å². The van der Waals surface area contributed by atoms with E-state index in [2.05, 4.69) is 10.1 Å². The number of aromatic nitrogens is 4. The molecular weight excluding hydrogens is 304 g/mol. The standard InChI is InChI=1S/C18H18N4O2/c1-18(23-9-4-10-24-18)17-7-2-6-16(21-17)14-11-20-22(13-14)15-5-3-8-19-12-15/h2-3,5-8,11-13H,4,9-10H2,1H3. The van der Waals surface area contributed by atoms with E-state index in [1.54, 1.807) is 23.3 Å². The quantitative estimate of drug-likeness (QED) is 0.742. The van der Waals surface area contributed by atoms with Gasteiger partial charge in [0, 0.05) is 18.0 Å². The van der Waals surface area contributed by atoms with Crippen LogP contribution in [0.5, 0.6) is 0 Å². The van der Waals surface area contributed by atoms with Gasteiger partial charge < -0.3 is 9.47 Å². The summed E-state index contributed by atoms with van der Waals surface area (Å²) in [6.45, 7) is 3.28. The molecule has 0 unspecified atom stereocenters. The summed E-state index contributed by atoms with van der Waals surface area (Å²) >= 11 is 0. The Labute approximate surface area is 140 Å². The van der Waals surface area contributed by atoms with E-state index in [0.717, 1.165) is 29.1 Å². The predicted molar refractivity (Wildman–Crippen MR) is 88.5 cm³/mol. The van der Waals surface area contributed by atoms with E-state index < -0.39 is 5.79 Å². The van der Waals surface area contributed by atoms with E-state index >= 15 is 0 Å². The van der Waals surface area contributed by atoms with Crippen molar-refractivity contribution < 1.29 is 9.47 Å². The zero-order valence-corrected chi connectivity index (χ0v) is 13.4. The number of nitrogens with zero attached hydrogens (tertiary/aromatic N) is 4. The minimum Gasteiger partial charge on any atom is -0.345 e. The molecule has 6 nitrogen and oxygen atoms in total. The van der Waals surface area contributed by atoms with E-state index in [-0.39, 0.29) is 0 Å². The molecule has 0 bridgehead atoms. The maximum Gasteiger partial charge on any atom is 0.209 e. The van der Waals surface area contributed by atoms with Crippen molar-refractivity contribution in [1.29, 1.82) is 0 Å². The van der Waals surface area contributed by atoms with Gasteiger partial charge in [0.15, 0.2) is 0 Å². The highest BCUT2D eigenvalue weighted by Gasteiger charge is 2.32. The van der Waals surface area contributed by atoms with Crippen molar-refractivity contribution in [2.45, 2.75) is 19.1 Å². The minimum atomic E-state index is -0.784. The Morgan fingerprint density at radius 1 is 1.08 bits per heavy atom. The van der Waals surface area contributed by atoms with Gasteiger partial charge in [0.25, 0.3) is 0 Å². The van der Waals surface area contributed by atoms with Crippen molar-refractivity contribution in [2.24, 2.45) is 0 Å². The molecule has 1 aliphatic heterocycles. The number of ether oxygens (including phenoxy) is 2. The van der Waals surface area contributed by atoms with Gasteiger partial charge in [-0.3, -0.25) is 4.98 Å². The first-order chi connectivity index (χ1) is 11.7. The number of pyridine rings is 2. The van der Waals surface area contributed by atoms with Crippen LogP contribution in [0.2, 0.25) is 0 Å². The Morgan fingerprint density at radius 3 is 2.75 bits per heavy atom. The summed E-state index contributed by atoms with van der Waals surface area (Å²) in [6.07, 6.45) is 8.15. The molecule has 4 heterocycles. The molecule has 0 aliphatic carbocycles. The molecule has 0 radical (unpaired) electrons. The highest BCUT2D eigenvalue weighted by atomic mass is 16.7. The highest BCUT2D eigenvalue weighted by Crippen LogP contribution is 2.30. The SMILES string of the molecule is CC1(c2cccc(-c3cnn(-c4cccnc4)c3)n2)OCCCO1. The lowest BCUT2D eigenvalue weighted by Crippen LogP contribution is -2.35. The average molecular weight is 322 g/mol. The van der Waals surface area contributed by atoms with Crippen LogP contribution < -0.4 is 0 Å². The molecule has 1 fully saturated rings. The number of hydrogen-bond acceptors (Lipinski definition) is 5. The summed E-state index contributed by atoms with van der Waals surface area (Å²) in [4.78, 5) is 8.84. The normalized spacial score (nSPS) is 16.9. The fourth-order valence-corrected chi connectivity index (χ4v) is 2.72. The molecule has 1 aliphatic rings. The molecule has 4 rings (SSSR count). The molecule has 0 amide bonds. The topological polar surface area (TPSA) is 62.1 Å². The summed E-state index contributed by atoms with van der Waals surface area (Å²) in [7, 11) is 0. The molecule has 0 saturated carbocycles. The van der Waals surface area contributed by atoms with E-state index in [1.807, 2.05) is 43.5 Å². The lowest BCUT2D eigenvalue weighted by atomic mass is 10.1. The van der Waals surface area contributed by atoms with Crippen LogP contribution in [0.4, 0.5) is 0 Å². The van der Waals surface area contributed by atoms with Gasteiger partial charge in [-0.15, -0.1) is 0 Å². The largest absolute Gasteiger partial charge is 0.345 e. The first-order valence-electron chi connectivity index (χ1n) is 7.95. The first kappa shape index (κ1) is 15.0. The Balaban J connectivity index is 1.66. The Bertz CT molecular complexity index is 826. The molecule has 3 aromatic rings. The maximum absolute atomic E-state index is 5.80. The van der Waals surface area contributed by atoms with Crippen LogP contribution in [-0.2, 0) is 15.3 Å². The second-order valence-electron chi connectivity index (χ2n) is 5.79. The summed E-state index contributed by atoms with van der Waals surface area (Å²) in [5, 5.41) is 4.40. The molecule has 6 heteroatoms. The molecule has 0 atom stereocenters. The van der Waals surface area contributed by atoms with Crippen LogP contribution in [0.1, 0.15) is 19.0 Å². The monoisotopic (exact) mass is 322 g/mol. The molecule has 0 N–H and O–H groups in total. The zero-order chi connectivity index (χ0) is 16.4. The Kier molecular flexibility index (Phi) is 3.84. The zero-order valence-electron chi connectivity index (χ0n) is 13.4. The third-order valence-electron chi connectivity index (χ3n) is 4.05. The van der Waals surface area contributed by atoms with Gasteiger partial charge in [-0.1, -0.05) is 6.07 Å². The first-order valence-corrected chi connectivity index (χ1v) is 7.95. The second kappa shape index (κ2) is 6.14. The van der Waals surface area contributed by atoms with Crippen molar-refractivity contribution in [3.63, 3.8) is 0 Å². The van der Waals surface area contributed by atoms with Crippen LogP contribution in [0.25, 0.3) is 16.9 Å². The lowest BCUT2D eigenvalue weighted by molar-refractivity contribution is -0.267. The fraction of sp³-hybridized carbons (Fsp3) is 0.278. The maximum atomic E-state index is 5.80. The van der Waals surface area contributed by atoms with Crippen LogP contribution in [0.3, 0.4) is 0 Å². The van der Waals surface area contributed by atoms with Gasteiger partial charge in [0.05, 0.1) is 42.7 Å². The smallest absolute Gasteiger partial charge is 0.209 e. The van der Waals surface area contributed by atoms with Gasteiger partial charge >= 0.3 is 0 Å². The average Bonchev–Trinajstić information content (AvgIpc) is 3.13. The van der Waals surface area contributed by atoms with Crippen LogP contribution in [-0.4, -0.2) is 33.0 Å². The molecule has 1 saturated heterocycles. The van der Waals surface area contributed by atoms with Gasteiger partial charge in [0.2, 0.25) is 5.79 Å². The molecule has 0 spiro atoms. The van der Waals surface area contributed by atoms with Crippen molar-refractivity contribution >= 4 is 0 Å². The van der Waals surface area contributed by atoms with E-state index in [9.17, 15) is 0 Å². The third-order valence-corrected chi connectivity index (χ3v) is 4.05. The number of hydrogen-bond donors (Lipinski definition) is 0. The van der Waals surface area contributed by atoms with Crippen molar-refractivity contribution in [3.8, 4) is 16.9 Å². The van der Waals surface area contributed by atoms with Gasteiger partial charge in [0.1, 0.15) is 0 Å². The van der Waals surface area contributed by atoms with E-state index in [4.69, 9.17) is 14.5 Å². The third kappa shape index (κ3) is 2.81. The summed E-state index contributed by atoms with van der Waals surface area (Å²) < 4.78 is 13.4. The van der Waals surface area contributed by atoms with Gasteiger partial charge in [-0.05, 0) is 37.6 Å². The molecule has 24 heavy (non-hydrogen) atoms. The summed E-state index contributed by atoms with van der Waals surface area (Å²) in [6, 6.07) is 9.69. The van der Waals surface area contributed by atoms with Gasteiger partial charge in [-0.25, -0.2) is 9.67 Å². The highest BCUT2D eigenvalue weighted by molar-refractivity contribution is 5.58. The Morgan fingerprint density at radius 2 is 1.96 bits per heavy atom. The Hall–Kier alpha value is -2.57. The molecule has 3 aromatic heterocycles. The number of rotatable bonds is 3. The summed E-state index contributed by atoms with van der Waals surface area (Å²) in [5.41, 5.74) is 3.45. The van der Waals surface area contributed by atoms with E-state index in [0.29, 0.717) is 13.2 Å². The van der Waals surface area contributed by atoms with Crippen molar-refractivity contribution in [1.82, 2.24) is 19.7 Å². The fourth-order valence-electron chi connectivity index (χ4n) is 2.72. The lowest BCUT2D eigenvalue weighted by Gasteiger charge is -2.33. The summed E-state index contributed by atoms with van der Waals surface area (Å²) in [5.74, 6) is -0.784. The van der Waals surface area contributed by atoms with E-state index in [1.165, 1.54) is 0 Å². The molecular formula is C18H18N4O2. The van der Waals surface area contributed by atoms with Crippen molar-refractivity contribution in [3.05, 3.63) is 60.8 Å². The van der Waals surface area contributed by atoms with Crippen LogP contribution >= 0.6 is 0 Å². The second-order valence-corrected chi connectivity index (χ2v) is 5.79. The van der Waals surface area contributed by atoms with Crippen molar-refractivity contribution in [2.75, 3.05) is 13.2 Å².